The summed E-state index contributed by atoms with van der Waals surface area (Å²) in [6, 6.07) is 10.7. The highest BCUT2D eigenvalue weighted by Gasteiger charge is 2.24. The molecule has 3 rings (SSSR count). The number of para-hydroxylation sites is 1. The predicted octanol–water partition coefficient (Wildman–Crippen LogP) is 3.19. The first-order valence-corrected chi connectivity index (χ1v) is 6.40. The maximum atomic E-state index is 12.0. The zero-order valence-corrected chi connectivity index (χ0v) is 10.8. The van der Waals surface area contributed by atoms with Crippen LogP contribution >= 0.6 is 11.6 Å². The van der Waals surface area contributed by atoms with Crippen molar-refractivity contribution >= 4 is 17.5 Å². The molecule has 1 atom stereocenters. The molecule has 0 unspecified atom stereocenters. The van der Waals surface area contributed by atoms with E-state index < -0.39 is 0 Å². The Labute approximate surface area is 115 Å². The molecule has 98 valence electrons. The van der Waals surface area contributed by atoms with Gasteiger partial charge in [-0.1, -0.05) is 18.2 Å². The Hall–Kier alpha value is -1.94. The zero-order valence-electron chi connectivity index (χ0n) is 10.1. The molecule has 0 fully saturated rings. The molecule has 2 heterocycles. The van der Waals surface area contributed by atoms with E-state index in [0.29, 0.717) is 6.61 Å². The molecule has 1 aromatic heterocycles. The van der Waals surface area contributed by atoms with Crippen molar-refractivity contribution in [3.63, 3.8) is 0 Å². The van der Waals surface area contributed by atoms with Crippen molar-refractivity contribution < 1.29 is 13.9 Å². The van der Waals surface area contributed by atoms with E-state index in [1.54, 1.807) is 12.1 Å². The highest BCUT2D eigenvalue weighted by atomic mass is 35.5. The first-order valence-electron chi connectivity index (χ1n) is 6.02. The van der Waals surface area contributed by atoms with Crippen LogP contribution in [0.4, 0.5) is 0 Å². The van der Waals surface area contributed by atoms with Crippen molar-refractivity contribution in [1.29, 1.82) is 0 Å². The summed E-state index contributed by atoms with van der Waals surface area (Å²) in [5.74, 6) is 0.763. The lowest BCUT2D eigenvalue weighted by molar-refractivity contribution is 0.0897. The van der Waals surface area contributed by atoms with Gasteiger partial charge in [-0.3, -0.25) is 4.79 Å². The summed E-state index contributed by atoms with van der Waals surface area (Å²) in [4.78, 5) is 12.0. The second kappa shape index (κ2) is 4.97. The standard InChI is InChI=1S/C14H12ClNO3/c15-13-6-5-12(19-13)14(17)16-10-7-8-18-11-4-2-1-3-9(10)11/h1-6,10H,7-8H2,(H,16,17)/t10-/m0/s1. The molecule has 1 aromatic carbocycles. The Bertz CT molecular complexity index is 608. The van der Waals surface area contributed by atoms with Gasteiger partial charge in [-0.15, -0.1) is 0 Å². The van der Waals surface area contributed by atoms with E-state index in [-0.39, 0.29) is 22.9 Å². The molecule has 1 amide bonds. The summed E-state index contributed by atoms with van der Waals surface area (Å²) < 4.78 is 10.6. The van der Waals surface area contributed by atoms with Crippen LogP contribution in [0.1, 0.15) is 28.6 Å². The summed E-state index contributed by atoms with van der Waals surface area (Å²) in [5, 5.41) is 3.14. The maximum absolute atomic E-state index is 12.0. The number of furan rings is 1. The topological polar surface area (TPSA) is 51.5 Å². The van der Waals surface area contributed by atoms with Crippen molar-refractivity contribution in [3.8, 4) is 5.75 Å². The van der Waals surface area contributed by atoms with Crippen molar-refractivity contribution in [2.45, 2.75) is 12.5 Å². The SMILES string of the molecule is O=C(N[C@H]1CCOc2ccccc21)c1ccc(Cl)o1. The first-order chi connectivity index (χ1) is 9.24. The number of hydrogen-bond acceptors (Lipinski definition) is 3. The number of amides is 1. The van der Waals surface area contributed by atoms with Crippen LogP contribution in [0.2, 0.25) is 5.22 Å². The van der Waals surface area contributed by atoms with Gasteiger partial charge in [0.15, 0.2) is 11.0 Å². The molecule has 5 heteroatoms. The molecule has 0 spiro atoms. The molecule has 0 aliphatic carbocycles. The van der Waals surface area contributed by atoms with E-state index in [1.807, 2.05) is 24.3 Å². The third-order valence-electron chi connectivity index (χ3n) is 3.06. The lowest BCUT2D eigenvalue weighted by Gasteiger charge is -2.26. The highest BCUT2D eigenvalue weighted by molar-refractivity contribution is 6.29. The first kappa shape index (κ1) is 12.1. The molecule has 4 nitrogen and oxygen atoms in total. The van der Waals surface area contributed by atoms with E-state index in [0.717, 1.165) is 17.7 Å². The zero-order chi connectivity index (χ0) is 13.2. The molecule has 1 aliphatic heterocycles. The molecule has 0 saturated carbocycles. The van der Waals surface area contributed by atoms with Gasteiger partial charge in [-0.2, -0.15) is 0 Å². The van der Waals surface area contributed by atoms with Gasteiger partial charge in [0.1, 0.15) is 5.75 Å². The van der Waals surface area contributed by atoms with Crippen molar-refractivity contribution in [1.82, 2.24) is 5.32 Å². The smallest absolute Gasteiger partial charge is 0.287 e. The van der Waals surface area contributed by atoms with Gasteiger partial charge >= 0.3 is 0 Å². The van der Waals surface area contributed by atoms with Crippen LogP contribution in [-0.4, -0.2) is 12.5 Å². The van der Waals surface area contributed by atoms with Gasteiger partial charge in [-0.25, -0.2) is 0 Å². The fourth-order valence-electron chi connectivity index (χ4n) is 2.16. The third-order valence-corrected chi connectivity index (χ3v) is 3.26. The Morgan fingerprint density at radius 1 is 1.26 bits per heavy atom. The van der Waals surface area contributed by atoms with Gasteiger partial charge in [0.25, 0.3) is 5.91 Å². The number of rotatable bonds is 2. The summed E-state index contributed by atoms with van der Waals surface area (Å²) in [5.41, 5.74) is 0.986. The van der Waals surface area contributed by atoms with E-state index >= 15 is 0 Å². The Morgan fingerprint density at radius 2 is 2.11 bits per heavy atom. The molecule has 19 heavy (non-hydrogen) atoms. The van der Waals surface area contributed by atoms with Crippen LogP contribution in [0.25, 0.3) is 0 Å². The molecule has 0 radical (unpaired) electrons. The number of carbonyl (C=O) groups excluding carboxylic acids is 1. The minimum Gasteiger partial charge on any atom is -0.493 e. The number of nitrogens with one attached hydrogen (secondary N) is 1. The number of fused-ring (bicyclic) bond motifs is 1. The number of ether oxygens (including phenoxy) is 1. The fourth-order valence-corrected chi connectivity index (χ4v) is 2.30. The van der Waals surface area contributed by atoms with E-state index in [2.05, 4.69) is 5.32 Å². The van der Waals surface area contributed by atoms with Crippen LogP contribution < -0.4 is 10.1 Å². The minimum absolute atomic E-state index is 0.0682. The normalized spacial score (nSPS) is 17.4. The summed E-state index contributed by atoms with van der Waals surface area (Å²) in [7, 11) is 0. The maximum Gasteiger partial charge on any atom is 0.287 e. The average molecular weight is 278 g/mol. The molecular formula is C14H12ClNO3. The quantitative estimate of drug-likeness (QED) is 0.917. The van der Waals surface area contributed by atoms with Gasteiger partial charge in [0.2, 0.25) is 0 Å². The molecule has 1 N–H and O–H groups in total. The Morgan fingerprint density at radius 3 is 2.89 bits per heavy atom. The van der Waals surface area contributed by atoms with E-state index in [1.165, 1.54) is 0 Å². The summed E-state index contributed by atoms with van der Waals surface area (Å²) in [6.07, 6.45) is 0.733. The van der Waals surface area contributed by atoms with Gasteiger partial charge in [0, 0.05) is 12.0 Å². The summed E-state index contributed by atoms with van der Waals surface area (Å²) in [6.45, 7) is 0.584. The largest absolute Gasteiger partial charge is 0.493 e. The average Bonchev–Trinajstić information content (AvgIpc) is 2.86. The highest BCUT2D eigenvalue weighted by Crippen LogP contribution is 2.31. The lowest BCUT2D eigenvalue weighted by Crippen LogP contribution is -2.31. The van der Waals surface area contributed by atoms with Crippen LogP contribution in [0.15, 0.2) is 40.8 Å². The molecule has 0 bridgehead atoms. The van der Waals surface area contributed by atoms with Crippen LogP contribution in [0.5, 0.6) is 5.75 Å². The predicted molar refractivity (Wildman–Crippen MR) is 70.5 cm³/mol. The van der Waals surface area contributed by atoms with Crippen molar-refractivity contribution in [2.24, 2.45) is 0 Å². The van der Waals surface area contributed by atoms with Gasteiger partial charge in [-0.05, 0) is 29.8 Å². The number of benzene rings is 1. The second-order valence-electron chi connectivity index (χ2n) is 4.30. The number of halogens is 1. The molecular weight excluding hydrogens is 266 g/mol. The monoisotopic (exact) mass is 277 g/mol. The molecule has 1 aliphatic rings. The van der Waals surface area contributed by atoms with Crippen molar-refractivity contribution in [3.05, 3.63) is 52.9 Å². The van der Waals surface area contributed by atoms with Crippen LogP contribution in [0, 0.1) is 0 Å². The lowest BCUT2D eigenvalue weighted by atomic mass is 10.0. The van der Waals surface area contributed by atoms with Gasteiger partial charge < -0.3 is 14.5 Å². The van der Waals surface area contributed by atoms with E-state index in [4.69, 9.17) is 20.8 Å². The Balaban J connectivity index is 1.79. The fraction of sp³-hybridized carbons (Fsp3) is 0.214. The minimum atomic E-state index is -0.270. The summed E-state index contributed by atoms with van der Waals surface area (Å²) >= 11 is 5.66. The third kappa shape index (κ3) is 2.44. The van der Waals surface area contributed by atoms with Crippen LogP contribution in [0.3, 0.4) is 0 Å². The Kier molecular flexibility index (Phi) is 3.17. The number of hydrogen-bond donors (Lipinski definition) is 1. The second-order valence-corrected chi connectivity index (χ2v) is 4.68. The number of carbonyl (C=O) groups is 1. The van der Waals surface area contributed by atoms with Crippen LogP contribution in [-0.2, 0) is 0 Å². The van der Waals surface area contributed by atoms with E-state index in [9.17, 15) is 4.79 Å². The van der Waals surface area contributed by atoms with Gasteiger partial charge in [0.05, 0.1) is 12.6 Å². The molecule has 2 aromatic rings. The van der Waals surface area contributed by atoms with Crippen molar-refractivity contribution in [2.75, 3.05) is 6.61 Å². The molecule has 0 saturated heterocycles.